The van der Waals surface area contributed by atoms with Crippen LogP contribution in [0.15, 0.2) is 22.1 Å². The lowest BCUT2D eigenvalue weighted by molar-refractivity contribution is 0.0246. The van der Waals surface area contributed by atoms with Crippen molar-refractivity contribution in [2.24, 2.45) is 5.92 Å². The highest BCUT2D eigenvalue weighted by atomic mass is 32.1. The van der Waals surface area contributed by atoms with Gasteiger partial charge in [0.1, 0.15) is 17.6 Å². The fourth-order valence-electron chi connectivity index (χ4n) is 3.36. The summed E-state index contributed by atoms with van der Waals surface area (Å²) in [5.74, 6) is 0.951. The quantitative estimate of drug-likeness (QED) is 0.733. The van der Waals surface area contributed by atoms with E-state index in [0.717, 1.165) is 23.5 Å². The lowest BCUT2D eigenvalue weighted by Gasteiger charge is -2.34. The lowest BCUT2D eigenvalue weighted by atomic mass is 9.96. The van der Waals surface area contributed by atoms with Gasteiger partial charge in [-0.2, -0.15) is 0 Å². The number of hydrogen-bond acceptors (Lipinski definition) is 6. The average Bonchev–Trinajstić information content (AvgIpc) is 3.29. The van der Waals surface area contributed by atoms with Gasteiger partial charge in [-0.15, -0.1) is 11.3 Å². The standard InChI is InChI=1S/C21H29N3O4S/c1-14-22-17(13-29-14)18-10-16(12-27-18)19(25)24-8-6-15(7-9-24)11-23(5)20(26)28-21(2,3)4/h10,12-13,15H,6-9,11H2,1-5H3. The lowest BCUT2D eigenvalue weighted by Crippen LogP contribution is -2.42. The summed E-state index contributed by atoms with van der Waals surface area (Å²) in [6.45, 7) is 9.49. The molecule has 0 aromatic carbocycles. The van der Waals surface area contributed by atoms with Crippen LogP contribution in [-0.4, -0.2) is 59.1 Å². The predicted octanol–water partition coefficient (Wildman–Crippen LogP) is 4.43. The fraction of sp³-hybridized carbons (Fsp3) is 0.571. The highest BCUT2D eigenvalue weighted by Crippen LogP contribution is 2.26. The maximum Gasteiger partial charge on any atom is 0.410 e. The number of aryl methyl sites for hydroxylation is 1. The first-order valence-corrected chi connectivity index (χ1v) is 10.7. The van der Waals surface area contributed by atoms with Gasteiger partial charge in [-0.25, -0.2) is 9.78 Å². The minimum absolute atomic E-state index is 0.0223. The molecule has 0 aliphatic carbocycles. The van der Waals surface area contributed by atoms with Gasteiger partial charge in [0.15, 0.2) is 5.76 Å². The number of nitrogens with zero attached hydrogens (tertiary/aromatic N) is 3. The average molecular weight is 420 g/mol. The molecule has 1 aliphatic rings. The molecule has 29 heavy (non-hydrogen) atoms. The zero-order chi connectivity index (χ0) is 21.2. The largest absolute Gasteiger partial charge is 0.462 e. The summed E-state index contributed by atoms with van der Waals surface area (Å²) in [6.07, 6.45) is 2.91. The molecule has 0 bridgehead atoms. The Morgan fingerprint density at radius 1 is 1.34 bits per heavy atom. The van der Waals surface area contributed by atoms with Crippen LogP contribution in [0.1, 0.15) is 49.0 Å². The minimum Gasteiger partial charge on any atom is -0.462 e. The molecule has 8 heteroatoms. The number of rotatable bonds is 4. The van der Waals surface area contributed by atoms with Crippen LogP contribution < -0.4 is 0 Å². The van der Waals surface area contributed by atoms with Crippen molar-refractivity contribution in [3.05, 3.63) is 28.3 Å². The predicted molar refractivity (Wildman–Crippen MR) is 112 cm³/mol. The number of piperidine rings is 1. The Hall–Kier alpha value is -2.35. The summed E-state index contributed by atoms with van der Waals surface area (Å²) in [5, 5.41) is 2.89. The van der Waals surface area contributed by atoms with Gasteiger partial charge in [0.2, 0.25) is 0 Å². The number of carbonyl (C=O) groups is 2. The van der Waals surface area contributed by atoms with E-state index in [0.29, 0.717) is 36.9 Å². The molecule has 3 rings (SSSR count). The van der Waals surface area contributed by atoms with Crippen molar-refractivity contribution in [1.82, 2.24) is 14.8 Å². The molecule has 2 aromatic rings. The molecular weight excluding hydrogens is 390 g/mol. The van der Waals surface area contributed by atoms with Crippen molar-refractivity contribution in [2.45, 2.75) is 46.1 Å². The van der Waals surface area contributed by atoms with Crippen molar-refractivity contribution in [1.29, 1.82) is 0 Å². The Morgan fingerprint density at radius 2 is 2.03 bits per heavy atom. The van der Waals surface area contributed by atoms with Gasteiger partial charge in [0, 0.05) is 32.1 Å². The van der Waals surface area contributed by atoms with Crippen LogP contribution in [0.3, 0.4) is 0 Å². The van der Waals surface area contributed by atoms with Crippen LogP contribution in [0, 0.1) is 12.8 Å². The molecule has 7 nitrogen and oxygen atoms in total. The number of furan rings is 1. The maximum atomic E-state index is 12.8. The number of likely N-dealkylation sites (tertiary alicyclic amines) is 1. The van der Waals surface area contributed by atoms with Crippen LogP contribution in [0.25, 0.3) is 11.5 Å². The summed E-state index contributed by atoms with van der Waals surface area (Å²) < 4.78 is 11.0. The molecule has 158 valence electrons. The van der Waals surface area contributed by atoms with Gasteiger partial charge in [0.05, 0.1) is 10.6 Å². The second-order valence-electron chi connectivity index (χ2n) is 8.55. The second-order valence-corrected chi connectivity index (χ2v) is 9.61. The smallest absolute Gasteiger partial charge is 0.410 e. The molecule has 0 radical (unpaired) electrons. The molecule has 2 aromatic heterocycles. The number of aromatic nitrogens is 1. The molecule has 1 saturated heterocycles. The zero-order valence-electron chi connectivity index (χ0n) is 17.7. The Morgan fingerprint density at radius 3 is 2.62 bits per heavy atom. The summed E-state index contributed by atoms with van der Waals surface area (Å²) in [7, 11) is 1.76. The zero-order valence-corrected chi connectivity index (χ0v) is 18.5. The van der Waals surface area contributed by atoms with Crippen LogP contribution >= 0.6 is 11.3 Å². The molecule has 2 amide bonds. The number of amides is 2. The van der Waals surface area contributed by atoms with Crippen LogP contribution in [-0.2, 0) is 4.74 Å². The van der Waals surface area contributed by atoms with E-state index >= 15 is 0 Å². The van der Waals surface area contributed by atoms with E-state index in [4.69, 9.17) is 9.15 Å². The second kappa shape index (κ2) is 8.57. The van der Waals surface area contributed by atoms with E-state index in [-0.39, 0.29) is 12.0 Å². The summed E-state index contributed by atoms with van der Waals surface area (Å²) in [5.41, 5.74) is 0.812. The molecule has 1 aliphatic heterocycles. The Bertz CT molecular complexity index is 859. The van der Waals surface area contributed by atoms with Gasteiger partial charge < -0.3 is 19.0 Å². The first kappa shape index (κ1) is 21.4. The molecule has 0 unspecified atom stereocenters. The summed E-state index contributed by atoms with van der Waals surface area (Å²) in [6, 6.07) is 1.76. The highest BCUT2D eigenvalue weighted by Gasteiger charge is 2.28. The van der Waals surface area contributed by atoms with Crippen molar-refractivity contribution in [2.75, 3.05) is 26.7 Å². The Labute approximate surface area is 175 Å². The van der Waals surface area contributed by atoms with Crippen molar-refractivity contribution in [3.8, 4) is 11.5 Å². The SMILES string of the molecule is Cc1nc(-c2cc(C(=O)N3CCC(CN(C)C(=O)OC(C)(C)C)CC3)co2)cs1. The van der Waals surface area contributed by atoms with Gasteiger partial charge in [-0.05, 0) is 52.5 Å². The van der Waals surface area contributed by atoms with E-state index in [1.165, 1.54) is 6.26 Å². The third-order valence-electron chi connectivity index (χ3n) is 4.86. The van der Waals surface area contributed by atoms with Gasteiger partial charge in [-0.1, -0.05) is 0 Å². The van der Waals surface area contributed by atoms with E-state index in [2.05, 4.69) is 4.98 Å². The third-order valence-corrected chi connectivity index (χ3v) is 5.63. The van der Waals surface area contributed by atoms with Crippen LogP contribution in [0.4, 0.5) is 4.79 Å². The number of hydrogen-bond donors (Lipinski definition) is 0. The Balaban J connectivity index is 1.51. The first-order valence-electron chi connectivity index (χ1n) is 9.87. The van der Waals surface area contributed by atoms with Crippen molar-refractivity contribution < 1.29 is 18.7 Å². The number of thiazole rings is 1. The summed E-state index contributed by atoms with van der Waals surface area (Å²) in [4.78, 5) is 32.8. The van der Waals surface area contributed by atoms with E-state index in [1.807, 2.05) is 38.0 Å². The third kappa shape index (κ3) is 5.59. The van der Waals surface area contributed by atoms with E-state index in [9.17, 15) is 9.59 Å². The van der Waals surface area contributed by atoms with Crippen molar-refractivity contribution >= 4 is 23.3 Å². The summed E-state index contributed by atoms with van der Waals surface area (Å²) >= 11 is 1.55. The van der Waals surface area contributed by atoms with Gasteiger partial charge in [0.25, 0.3) is 5.91 Å². The molecule has 1 fully saturated rings. The van der Waals surface area contributed by atoms with Crippen molar-refractivity contribution in [3.63, 3.8) is 0 Å². The first-order chi connectivity index (χ1) is 13.6. The normalized spacial score (nSPS) is 15.4. The van der Waals surface area contributed by atoms with Crippen LogP contribution in [0.2, 0.25) is 0 Å². The molecule has 0 atom stereocenters. The topological polar surface area (TPSA) is 75.9 Å². The maximum absolute atomic E-state index is 12.8. The fourth-order valence-corrected chi connectivity index (χ4v) is 3.96. The molecule has 3 heterocycles. The van der Waals surface area contributed by atoms with Crippen LogP contribution in [0.5, 0.6) is 0 Å². The number of ether oxygens (including phenoxy) is 1. The van der Waals surface area contributed by atoms with Gasteiger partial charge in [-0.3, -0.25) is 4.79 Å². The monoisotopic (exact) mass is 419 g/mol. The highest BCUT2D eigenvalue weighted by molar-refractivity contribution is 7.09. The Kier molecular flexibility index (Phi) is 6.31. The molecule has 0 spiro atoms. The molecule has 0 N–H and O–H groups in total. The van der Waals surface area contributed by atoms with E-state index < -0.39 is 5.60 Å². The minimum atomic E-state index is -0.498. The molecular formula is C21H29N3O4S. The van der Waals surface area contributed by atoms with Gasteiger partial charge >= 0.3 is 6.09 Å². The van der Waals surface area contributed by atoms with E-state index in [1.54, 1.807) is 29.4 Å². The number of carbonyl (C=O) groups excluding carboxylic acids is 2. The molecule has 0 saturated carbocycles.